The first-order valence-electron chi connectivity index (χ1n) is 6.28. The van der Waals surface area contributed by atoms with Crippen molar-refractivity contribution in [1.29, 1.82) is 0 Å². The van der Waals surface area contributed by atoms with E-state index in [1.54, 1.807) is 0 Å². The summed E-state index contributed by atoms with van der Waals surface area (Å²) in [7, 11) is -2.18. The van der Waals surface area contributed by atoms with Gasteiger partial charge in [-0.1, -0.05) is 34.1 Å². The van der Waals surface area contributed by atoms with Gasteiger partial charge in [0.05, 0.1) is 0 Å². The number of hydrogen-bond acceptors (Lipinski definition) is 2. The molecular weight excluding hydrogens is 216 g/mol. The van der Waals surface area contributed by atoms with Crippen LogP contribution in [0.1, 0.15) is 47.0 Å². The lowest BCUT2D eigenvalue weighted by atomic mass is 9.91. The van der Waals surface area contributed by atoms with E-state index in [1.807, 2.05) is 13.1 Å². The maximum absolute atomic E-state index is 11.1. The highest BCUT2D eigenvalue weighted by molar-refractivity contribution is 6.72. The largest absolute Gasteiger partial charge is 0.432 e. The molecule has 0 aliphatic carbocycles. The first-order chi connectivity index (χ1) is 7.10. The third-order valence-corrected chi connectivity index (χ3v) is 7.25. The fourth-order valence-corrected chi connectivity index (χ4v) is 2.43. The Bertz CT molecular complexity index is 216. The fraction of sp³-hybridized carbons (Fsp3) is 0.923. The summed E-state index contributed by atoms with van der Waals surface area (Å²) in [5, 5.41) is -0.0877. The van der Waals surface area contributed by atoms with Crippen LogP contribution in [0.4, 0.5) is 0 Å². The third-order valence-electron chi connectivity index (χ3n) is 3.74. The quantitative estimate of drug-likeness (QED) is 0.549. The Balaban J connectivity index is 4.37. The normalized spacial score (nSPS) is 15.2. The summed E-state index contributed by atoms with van der Waals surface area (Å²) < 4.78 is 0. The minimum atomic E-state index is -2.18. The van der Waals surface area contributed by atoms with Crippen molar-refractivity contribution in [3.63, 3.8) is 0 Å². The van der Waals surface area contributed by atoms with Gasteiger partial charge >= 0.3 is 0 Å². The van der Waals surface area contributed by atoms with Crippen molar-refractivity contribution >= 4 is 14.6 Å². The minimum Gasteiger partial charge on any atom is -0.432 e. The molecule has 0 aromatic heterocycles. The summed E-state index contributed by atoms with van der Waals surface area (Å²) in [5.41, 5.74) is 0. The van der Waals surface area contributed by atoms with Gasteiger partial charge in [0.25, 0.3) is 0 Å². The predicted octanol–water partition coefficient (Wildman–Crippen LogP) is 3.61. The van der Waals surface area contributed by atoms with Crippen molar-refractivity contribution in [2.45, 2.75) is 65.1 Å². The van der Waals surface area contributed by atoms with Crippen LogP contribution in [-0.4, -0.2) is 19.4 Å². The van der Waals surface area contributed by atoms with E-state index in [9.17, 15) is 9.59 Å². The maximum atomic E-state index is 11.1. The highest BCUT2D eigenvalue weighted by Crippen LogP contribution is 2.41. The van der Waals surface area contributed by atoms with E-state index in [0.717, 1.165) is 25.5 Å². The predicted molar refractivity (Wildman–Crippen MR) is 72.0 cm³/mol. The molecule has 1 atom stereocenters. The molecule has 1 unspecified atom stereocenters. The van der Waals surface area contributed by atoms with Gasteiger partial charge in [0.2, 0.25) is 0 Å². The minimum absolute atomic E-state index is 0.0877. The van der Waals surface area contributed by atoms with Crippen molar-refractivity contribution in [1.82, 2.24) is 0 Å². The molecule has 0 aliphatic heterocycles. The highest BCUT2D eigenvalue weighted by atomic mass is 28.4. The number of aldehydes is 1. The molecule has 3 heteroatoms. The van der Waals surface area contributed by atoms with Gasteiger partial charge < -0.3 is 9.59 Å². The SMILES string of the molecule is CC(C)CCC(C=O)CC(C)(C)[Si](C)(C)O. The van der Waals surface area contributed by atoms with Crippen LogP contribution in [0, 0.1) is 11.8 Å². The number of hydrogen-bond donors (Lipinski definition) is 1. The smallest absolute Gasteiger partial charge is 0.188 e. The zero-order valence-electron chi connectivity index (χ0n) is 11.7. The molecule has 0 aliphatic rings. The Morgan fingerprint density at radius 3 is 2.06 bits per heavy atom. The van der Waals surface area contributed by atoms with Gasteiger partial charge in [0.15, 0.2) is 8.32 Å². The molecule has 1 N–H and O–H groups in total. The molecule has 0 radical (unpaired) electrons. The van der Waals surface area contributed by atoms with E-state index in [1.165, 1.54) is 0 Å². The lowest BCUT2D eigenvalue weighted by Crippen LogP contribution is -2.40. The summed E-state index contributed by atoms with van der Waals surface area (Å²) in [6, 6.07) is 0. The Labute approximate surface area is 102 Å². The van der Waals surface area contributed by atoms with Gasteiger partial charge in [-0.3, -0.25) is 0 Å². The first kappa shape index (κ1) is 15.8. The summed E-state index contributed by atoms with van der Waals surface area (Å²) in [4.78, 5) is 21.2. The molecule has 0 amide bonds. The first-order valence-corrected chi connectivity index (χ1v) is 9.22. The van der Waals surface area contributed by atoms with Gasteiger partial charge in [-0.05, 0) is 36.9 Å². The van der Waals surface area contributed by atoms with Crippen LogP contribution in [0.2, 0.25) is 18.1 Å². The Morgan fingerprint density at radius 2 is 1.75 bits per heavy atom. The van der Waals surface area contributed by atoms with E-state index in [4.69, 9.17) is 0 Å². The fourth-order valence-electron chi connectivity index (χ4n) is 1.67. The van der Waals surface area contributed by atoms with E-state index in [0.29, 0.717) is 5.92 Å². The lowest BCUT2D eigenvalue weighted by molar-refractivity contribution is -0.111. The Kier molecular flexibility index (Phi) is 5.91. The molecule has 0 aromatic carbocycles. The standard InChI is InChI=1S/C13H28O2Si/c1-11(2)7-8-12(10-14)9-13(3,4)16(5,6)15/h10-12,15H,7-9H2,1-6H3. The van der Waals surface area contributed by atoms with E-state index in [-0.39, 0.29) is 11.0 Å². The average molecular weight is 244 g/mol. The number of rotatable bonds is 7. The second-order valence-corrected chi connectivity index (χ2v) is 11.0. The summed E-state index contributed by atoms with van der Waals surface area (Å²) in [6.45, 7) is 12.4. The molecule has 0 spiro atoms. The number of carbonyl (C=O) groups excluding carboxylic acids is 1. The molecule has 16 heavy (non-hydrogen) atoms. The summed E-state index contributed by atoms with van der Waals surface area (Å²) in [5.74, 6) is 0.751. The van der Waals surface area contributed by atoms with E-state index < -0.39 is 8.32 Å². The Morgan fingerprint density at radius 1 is 1.25 bits per heavy atom. The number of carbonyl (C=O) groups is 1. The monoisotopic (exact) mass is 244 g/mol. The van der Waals surface area contributed by atoms with Gasteiger partial charge in [-0.15, -0.1) is 0 Å². The highest BCUT2D eigenvalue weighted by Gasteiger charge is 2.39. The van der Waals surface area contributed by atoms with Gasteiger partial charge in [0, 0.05) is 5.92 Å². The molecule has 0 fully saturated rings. The zero-order chi connectivity index (χ0) is 13.0. The molecule has 0 rings (SSSR count). The van der Waals surface area contributed by atoms with Crippen LogP contribution in [-0.2, 0) is 4.79 Å². The van der Waals surface area contributed by atoms with Gasteiger partial charge in [0.1, 0.15) is 6.29 Å². The van der Waals surface area contributed by atoms with Crippen molar-refractivity contribution in [3.8, 4) is 0 Å². The zero-order valence-corrected chi connectivity index (χ0v) is 12.7. The van der Waals surface area contributed by atoms with Crippen molar-refractivity contribution < 1.29 is 9.59 Å². The van der Waals surface area contributed by atoms with E-state index >= 15 is 0 Å². The van der Waals surface area contributed by atoms with Gasteiger partial charge in [-0.25, -0.2) is 0 Å². The van der Waals surface area contributed by atoms with Crippen LogP contribution in [0.25, 0.3) is 0 Å². The Hall–Kier alpha value is -0.153. The topological polar surface area (TPSA) is 37.3 Å². The summed E-state index contributed by atoms with van der Waals surface area (Å²) >= 11 is 0. The molecule has 0 saturated heterocycles. The lowest BCUT2D eigenvalue weighted by Gasteiger charge is -2.36. The second kappa shape index (κ2) is 5.96. The van der Waals surface area contributed by atoms with Crippen LogP contribution < -0.4 is 0 Å². The van der Waals surface area contributed by atoms with Crippen LogP contribution in [0.15, 0.2) is 0 Å². The molecule has 0 heterocycles. The maximum Gasteiger partial charge on any atom is 0.188 e. The van der Waals surface area contributed by atoms with Crippen molar-refractivity contribution in [2.75, 3.05) is 0 Å². The molecule has 2 nitrogen and oxygen atoms in total. The average Bonchev–Trinajstić information content (AvgIpc) is 2.09. The van der Waals surface area contributed by atoms with Crippen molar-refractivity contribution in [3.05, 3.63) is 0 Å². The molecule has 96 valence electrons. The van der Waals surface area contributed by atoms with Crippen LogP contribution in [0.5, 0.6) is 0 Å². The molecule has 0 saturated carbocycles. The molecule has 0 aromatic rings. The van der Waals surface area contributed by atoms with Crippen LogP contribution in [0.3, 0.4) is 0 Å². The van der Waals surface area contributed by atoms with Crippen LogP contribution >= 0.6 is 0 Å². The molecule has 0 bridgehead atoms. The van der Waals surface area contributed by atoms with Gasteiger partial charge in [-0.2, -0.15) is 0 Å². The summed E-state index contributed by atoms with van der Waals surface area (Å²) in [6.07, 6.45) is 3.94. The molecular formula is C13H28O2Si. The van der Waals surface area contributed by atoms with Crippen molar-refractivity contribution in [2.24, 2.45) is 11.8 Å². The van der Waals surface area contributed by atoms with E-state index in [2.05, 4.69) is 27.7 Å². The second-order valence-electron chi connectivity index (χ2n) is 6.51. The third kappa shape index (κ3) is 5.26.